The van der Waals surface area contributed by atoms with Gasteiger partial charge in [0.15, 0.2) is 0 Å². The van der Waals surface area contributed by atoms with Crippen LogP contribution in [0.5, 0.6) is 0 Å². The number of nitrogens with one attached hydrogen (secondary N) is 1. The Kier molecular flexibility index (Phi) is 7.02. The molecule has 1 N–H and O–H groups in total. The number of imidazole rings is 1. The van der Waals surface area contributed by atoms with Gasteiger partial charge >= 0.3 is 11.8 Å². The van der Waals surface area contributed by atoms with E-state index >= 15 is 0 Å². The second-order valence-electron chi connectivity index (χ2n) is 10.4. The number of carbonyl (C=O) groups is 2. The highest BCUT2D eigenvalue weighted by molar-refractivity contribution is 5.85. The third-order valence-corrected chi connectivity index (χ3v) is 6.45. The molecule has 3 heterocycles. The minimum atomic E-state index is -0.477. The molecule has 2 saturated heterocycles. The number of carbonyl (C=O) groups excluding carboxylic acids is 2. The molecule has 1 aromatic carbocycles. The Labute approximate surface area is 200 Å². The van der Waals surface area contributed by atoms with Crippen molar-refractivity contribution in [3.05, 3.63) is 34.2 Å². The number of aromatic nitrogens is 2. The van der Waals surface area contributed by atoms with Crippen LogP contribution in [0.2, 0.25) is 0 Å². The minimum Gasteiger partial charge on any atom is -0.444 e. The molecular weight excluding hydrogens is 436 g/mol. The average molecular weight is 473 g/mol. The van der Waals surface area contributed by atoms with Crippen LogP contribution in [0.4, 0.5) is 4.79 Å². The molecule has 0 bridgehead atoms. The third-order valence-electron chi connectivity index (χ3n) is 6.45. The zero-order valence-corrected chi connectivity index (χ0v) is 20.6. The summed E-state index contributed by atoms with van der Waals surface area (Å²) in [7, 11) is 1.77. The molecule has 2 amide bonds. The highest BCUT2D eigenvalue weighted by Crippen LogP contribution is 2.25. The van der Waals surface area contributed by atoms with Crippen molar-refractivity contribution < 1.29 is 19.1 Å². The SMILES string of the molecule is Cn1c(=O)n(C2CCCNC2=O)c2cccc(CCCOCC3CN(C(=O)OC(C)(C)C)C3)c21. The lowest BCUT2D eigenvalue weighted by Crippen LogP contribution is -2.53. The van der Waals surface area contributed by atoms with E-state index in [9.17, 15) is 14.4 Å². The third kappa shape index (κ3) is 5.14. The van der Waals surface area contributed by atoms with Crippen molar-refractivity contribution in [2.75, 3.05) is 32.8 Å². The predicted octanol–water partition coefficient (Wildman–Crippen LogP) is 2.61. The molecule has 0 spiro atoms. The molecule has 1 unspecified atom stereocenters. The maximum absolute atomic E-state index is 13.0. The van der Waals surface area contributed by atoms with Crippen molar-refractivity contribution in [2.45, 2.75) is 58.1 Å². The number of para-hydroxylation sites is 1. The number of likely N-dealkylation sites (tertiary alicyclic amines) is 1. The molecule has 9 nitrogen and oxygen atoms in total. The Bertz CT molecular complexity index is 1110. The van der Waals surface area contributed by atoms with Crippen molar-refractivity contribution in [1.82, 2.24) is 19.4 Å². The van der Waals surface area contributed by atoms with Gasteiger partial charge in [-0.15, -0.1) is 0 Å². The smallest absolute Gasteiger partial charge is 0.410 e. The summed E-state index contributed by atoms with van der Waals surface area (Å²) in [5.74, 6) is 0.258. The average Bonchev–Trinajstić information content (AvgIpc) is 2.99. The van der Waals surface area contributed by atoms with E-state index < -0.39 is 11.6 Å². The molecule has 0 saturated carbocycles. The lowest BCUT2D eigenvalue weighted by molar-refractivity contribution is -0.125. The van der Waals surface area contributed by atoms with Gasteiger partial charge < -0.3 is 19.7 Å². The van der Waals surface area contributed by atoms with Crippen LogP contribution in [-0.2, 0) is 27.7 Å². The summed E-state index contributed by atoms with van der Waals surface area (Å²) in [6.45, 7) is 8.83. The molecule has 9 heteroatoms. The predicted molar refractivity (Wildman–Crippen MR) is 129 cm³/mol. The second-order valence-corrected chi connectivity index (χ2v) is 10.4. The highest BCUT2D eigenvalue weighted by atomic mass is 16.6. The van der Waals surface area contributed by atoms with Crippen molar-refractivity contribution in [2.24, 2.45) is 13.0 Å². The maximum atomic E-state index is 13.0. The first kappa shape index (κ1) is 24.3. The molecule has 0 aliphatic carbocycles. The molecule has 0 radical (unpaired) electrons. The van der Waals surface area contributed by atoms with Crippen molar-refractivity contribution >= 4 is 23.0 Å². The number of rotatable bonds is 7. The highest BCUT2D eigenvalue weighted by Gasteiger charge is 2.33. The molecule has 34 heavy (non-hydrogen) atoms. The number of aryl methyl sites for hydroxylation is 2. The quantitative estimate of drug-likeness (QED) is 0.625. The summed E-state index contributed by atoms with van der Waals surface area (Å²) < 4.78 is 14.6. The fourth-order valence-corrected chi connectivity index (χ4v) is 4.79. The van der Waals surface area contributed by atoms with Gasteiger partial charge in [-0.1, -0.05) is 12.1 Å². The van der Waals surface area contributed by atoms with E-state index in [1.54, 1.807) is 21.1 Å². The van der Waals surface area contributed by atoms with Crippen molar-refractivity contribution in [1.29, 1.82) is 0 Å². The summed E-state index contributed by atoms with van der Waals surface area (Å²) >= 11 is 0. The van der Waals surface area contributed by atoms with Crippen LogP contribution in [0.3, 0.4) is 0 Å². The molecule has 2 aromatic rings. The van der Waals surface area contributed by atoms with Gasteiger partial charge in [-0.05, 0) is 58.1 Å². The number of fused-ring (bicyclic) bond motifs is 1. The monoisotopic (exact) mass is 472 g/mol. The molecule has 2 fully saturated rings. The van der Waals surface area contributed by atoms with E-state index in [-0.39, 0.29) is 17.7 Å². The minimum absolute atomic E-state index is 0.0825. The lowest BCUT2D eigenvalue weighted by Gasteiger charge is -2.39. The van der Waals surface area contributed by atoms with Gasteiger partial charge in [-0.3, -0.25) is 13.9 Å². The zero-order chi connectivity index (χ0) is 24.5. The van der Waals surface area contributed by atoms with Crippen LogP contribution in [0.25, 0.3) is 11.0 Å². The fraction of sp³-hybridized carbons (Fsp3) is 0.640. The van der Waals surface area contributed by atoms with E-state index in [4.69, 9.17) is 9.47 Å². The summed E-state index contributed by atoms with van der Waals surface area (Å²) in [5, 5.41) is 2.88. The first-order valence-corrected chi connectivity index (χ1v) is 12.2. The fourth-order valence-electron chi connectivity index (χ4n) is 4.79. The first-order chi connectivity index (χ1) is 16.2. The normalized spacial score (nSPS) is 19.2. The molecule has 2 aliphatic rings. The van der Waals surface area contributed by atoms with Gasteiger partial charge in [0.1, 0.15) is 11.6 Å². The van der Waals surface area contributed by atoms with E-state index in [0.717, 1.165) is 35.9 Å². The van der Waals surface area contributed by atoms with Crippen LogP contribution in [0, 0.1) is 5.92 Å². The molecule has 1 atom stereocenters. The van der Waals surface area contributed by atoms with Crippen LogP contribution >= 0.6 is 0 Å². The number of hydrogen-bond donors (Lipinski definition) is 1. The number of benzene rings is 1. The van der Waals surface area contributed by atoms with Gasteiger partial charge in [-0.2, -0.15) is 0 Å². The first-order valence-electron chi connectivity index (χ1n) is 12.2. The van der Waals surface area contributed by atoms with E-state index in [2.05, 4.69) is 5.32 Å². The Morgan fingerprint density at radius 3 is 2.68 bits per heavy atom. The summed E-state index contributed by atoms with van der Waals surface area (Å²) in [5.41, 5.74) is 2.15. The van der Waals surface area contributed by atoms with Crippen LogP contribution < -0.4 is 11.0 Å². The maximum Gasteiger partial charge on any atom is 0.410 e. The van der Waals surface area contributed by atoms with Gasteiger partial charge in [0.25, 0.3) is 0 Å². The summed E-state index contributed by atoms with van der Waals surface area (Å²) in [6, 6.07) is 5.46. The Morgan fingerprint density at radius 1 is 1.21 bits per heavy atom. The standard InChI is InChI=1S/C25H36N4O5/c1-25(2,3)34-24(32)28-14-17(15-28)16-33-13-7-9-18-8-5-10-19-21(18)27(4)23(31)29(19)20-11-6-12-26-22(20)30/h5,8,10,17,20H,6-7,9,11-16H2,1-4H3,(H,26,30). The Balaban J connectivity index is 1.29. The molecule has 2 aliphatic heterocycles. The largest absolute Gasteiger partial charge is 0.444 e. The number of amides is 2. The number of ether oxygens (including phenoxy) is 2. The van der Waals surface area contributed by atoms with Gasteiger partial charge in [0.05, 0.1) is 17.6 Å². The van der Waals surface area contributed by atoms with Crippen LogP contribution in [-0.4, -0.2) is 64.5 Å². The lowest BCUT2D eigenvalue weighted by atomic mass is 10.0. The molecule has 1 aromatic heterocycles. The van der Waals surface area contributed by atoms with E-state index in [1.165, 1.54) is 0 Å². The summed E-state index contributed by atoms with van der Waals surface area (Å²) in [4.78, 5) is 39.1. The van der Waals surface area contributed by atoms with Gasteiger partial charge in [-0.25, -0.2) is 9.59 Å². The van der Waals surface area contributed by atoms with Crippen LogP contribution in [0.1, 0.15) is 51.6 Å². The number of piperidine rings is 1. The van der Waals surface area contributed by atoms with E-state index in [0.29, 0.717) is 45.2 Å². The van der Waals surface area contributed by atoms with E-state index in [1.807, 2.05) is 39.0 Å². The number of hydrogen-bond acceptors (Lipinski definition) is 5. The molecule has 186 valence electrons. The topological polar surface area (TPSA) is 94.8 Å². The Hall–Kier alpha value is -2.81. The van der Waals surface area contributed by atoms with Gasteiger partial charge in [0, 0.05) is 39.2 Å². The summed E-state index contributed by atoms with van der Waals surface area (Å²) in [6.07, 6.45) is 2.88. The van der Waals surface area contributed by atoms with Crippen LogP contribution in [0.15, 0.2) is 23.0 Å². The second kappa shape index (κ2) is 9.82. The number of nitrogens with zero attached hydrogens (tertiary/aromatic N) is 3. The van der Waals surface area contributed by atoms with Crippen molar-refractivity contribution in [3.8, 4) is 0 Å². The van der Waals surface area contributed by atoms with Crippen molar-refractivity contribution in [3.63, 3.8) is 0 Å². The Morgan fingerprint density at radius 2 is 1.97 bits per heavy atom. The molecular formula is C25H36N4O5. The molecule has 4 rings (SSSR count). The zero-order valence-electron chi connectivity index (χ0n) is 20.6. The van der Waals surface area contributed by atoms with Gasteiger partial charge in [0.2, 0.25) is 5.91 Å².